The molecule has 0 saturated carbocycles. The van der Waals surface area contributed by atoms with Gasteiger partial charge in [0.2, 0.25) is 4.75 Å². The van der Waals surface area contributed by atoms with Crippen LogP contribution in [-0.4, -0.2) is 45.1 Å². The van der Waals surface area contributed by atoms with Crippen LogP contribution < -0.4 is 0 Å². The monoisotopic (exact) mass is 264 g/mol. The van der Waals surface area contributed by atoms with Crippen molar-refractivity contribution < 1.29 is 26.9 Å². The SMILES string of the molecule is COC(=O)C12COC(C1)C(C)C(C)OS2(=O)=O. The number of carbonyl (C=O) groups is 1. The van der Waals surface area contributed by atoms with Gasteiger partial charge in [0.05, 0.1) is 25.9 Å². The zero-order valence-electron chi connectivity index (χ0n) is 10.0. The van der Waals surface area contributed by atoms with E-state index in [2.05, 4.69) is 4.74 Å². The molecule has 17 heavy (non-hydrogen) atoms. The van der Waals surface area contributed by atoms with Crippen LogP contribution in [0.4, 0.5) is 0 Å². The second-order valence-electron chi connectivity index (χ2n) is 4.65. The second-order valence-corrected chi connectivity index (χ2v) is 6.54. The maximum Gasteiger partial charge on any atom is 0.332 e. The molecule has 2 fully saturated rings. The Kier molecular flexibility index (Phi) is 2.95. The average Bonchev–Trinajstić information content (AvgIpc) is 2.70. The Labute approximate surface area is 100 Å². The molecule has 0 aromatic heterocycles. The van der Waals surface area contributed by atoms with Crippen molar-refractivity contribution in [1.82, 2.24) is 0 Å². The summed E-state index contributed by atoms with van der Waals surface area (Å²) in [5.41, 5.74) is 0. The molecule has 6 nitrogen and oxygen atoms in total. The molecule has 0 spiro atoms. The lowest BCUT2D eigenvalue weighted by atomic mass is 9.93. The van der Waals surface area contributed by atoms with E-state index >= 15 is 0 Å². The molecular weight excluding hydrogens is 248 g/mol. The summed E-state index contributed by atoms with van der Waals surface area (Å²) in [5, 5.41) is 0. The minimum Gasteiger partial charge on any atom is -0.468 e. The minimum atomic E-state index is -4.02. The van der Waals surface area contributed by atoms with Crippen molar-refractivity contribution in [3.05, 3.63) is 0 Å². The number of hydrogen-bond donors (Lipinski definition) is 0. The summed E-state index contributed by atoms with van der Waals surface area (Å²) < 4.78 is 37.7. The molecule has 0 aromatic carbocycles. The Bertz CT molecular complexity index is 430. The maximum atomic E-state index is 12.1. The molecule has 0 amide bonds. The first kappa shape index (κ1) is 12.8. The first-order chi connectivity index (χ1) is 7.84. The van der Waals surface area contributed by atoms with Gasteiger partial charge in [-0.1, -0.05) is 6.92 Å². The minimum absolute atomic E-state index is 0.0844. The van der Waals surface area contributed by atoms with Crippen LogP contribution >= 0.6 is 0 Å². The van der Waals surface area contributed by atoms with E-state index in [4.69, 9.17) is 8.92 Å². The van der Waals surface area contributed by atoms with Crippen LogP contribution in [-0.2, 0) is 28.6 Å². The van der Waals surface area contributed by atoms with E-state index in [0.717, 1.165) is 7.11 Å². The molecule has 2 heterocycles. The van der Waals surface area contributed by atoms with E-state index in [0.29, 0.717) is 0 Å². The molecule has 2 saturated heterocycles. The summed E-state index contributed by atoms with van der Waals surface area (Å²) in [7, 11) is -2.86. The van der Waals surface area contributed by atoms with Crippen molar-refractivity contribution in [2.75, 3.05) is 13.7 Å². The van der Waals surface area contributed by atoms with Gasteiger partial charge >= 0.3 is 5.97 Å². The Morgan fingerprint density at radius 1 is 1.41 bits per heavy atom. The molecule has 7 heteroatoms. The van der Waals surface area contributed by atoms with Crippen LogP contribution in [0.2, 0.25) is 0 Å². The van der Waals surface area contributed by atoms with Gasteiger partial charge < -0.3 is 9.47 Å². The third-order valence-electron chi connectivity index (χ3n) is 3.70. The number of ether oxygens (including phenoxy) is 2. The normalized spacial score (nSPS) is 44.1. The van der Waals surface area contributed by atoms with Crippen molar-refractivity contribution >= 4 is 16.1 Å². The number of carbonyl (C=O) groups excluding carboxylic acids is 1. The summed E-state index contributed by atoms with van der Waals surface area (Å²) in [6, 6.07) is 0. The van der Waals surface area contributed by atoms with Crippen LogP contribution in [0.5, 0.6) is 0 Å². The highest BCUT2D eigenvalue weighted by Gasteiger charge is 2.62. The van der Waals surface area contributed by atoms with Gasteiger partial charge in [-0.3, -0.25) is 8.98 Å². The van der Waals surface area contributed by atoms with Crippen molar-refractivity contribution in [3.63, 3.8) is 0 Å². The molecule has 2 rings (SSSR count). The highest BCUT2D eigenvalue weighted by molar-refractivity contribution is 7.89. The largest absolute Gasteiger partial charge is 0.468 e. The molecule has 4 atom stereocenters. The lowest BCUT2D eigenvalue weighted by Crippen LogP contribution is -2.49. The van der Waals surface area contributed by atoms with Crippen molar-refractivity contribution in [2.45, 2.75) is 37.2 Å². The number of esters is 1. The fraction of sp³-hybridized carbons (Fsp3) is 0.900. The van der Waals surface area contributed by atoms with Gasteiger partial charge in [-0.05, 0) is 6.92 Å². The van der Waals surface area contributed by atoms with Gasteiger partial charge in [-0.2, -0.15) is 8.42 Å². The van der Waals surface area contributed by atoms with Crippen LogP contribution in [0.1, 0.15) is 20.3 Å². The topological polar surface area (TPSA) is 78.9 Å². The summed E-state index contributed by atoms with van der Waals surface area (Å²) in [6.07, 6.45) is -0.689. The Morgan fingerprint density at radius 3 is 2.65 bits per heavy atom. The molecule has 2 bridgehead atoms. The van der Waals surface area contributed by atoms with E-state index in [9.17, 15) is 13.2 Å². The fourth-order valence-electron chi connectivity index (χ4n) is 2.31. The molecule has 4 unspecified atom stereocenters. The first-order valence-corrected chi connectivity index (χ1v) is 6.88. The zero-order valence-corrected chi connectivity index (χ0v) is 10.8. The van der Waals surface area contributed by atoms with Crippen LogP contribution in [0.3, 0.4) is 0 Å². The van der Waals surface area contributed by atoms with Gasteiger partial charge in [0.25, 0.3) is 10.1 Å². The highest BCUT2D eigenvalue weighted by Crippen LogP contribution is 2.42. The van der Waals surface area contributed by atoms with Crippen LogP contribution in [0.15, 0.2) is 0 Å². The number of methoxy groups -OCH3 is 1. The fourth-order valence-corrected chi connectivity index (χ4v) is 3.94. The smallest absolute Gasteiger partial charge is 0.332 e. The van der Waals surface area contributed by atoms with E-state index in [-0.39, 0.29) is 25.0 Å². The lowest BCUT2D eigenvalue weighted by Gasteiger charge is -2.26. The first-order valence-electron chi connectivity index (χ1n) is 5.47. The number of fused-ring (bicyclic) bond motifs is 2. The third kappa shape index (κ3) is 1.68. The molecule has 0 aromatic rings. The predicted octanol–water partition coefficient (Wildman–Crippen LogP) is 0.0717. The summed E-state index contributed by atoms with van der Waals surface area (Å²) in [5.74, 6) is -0.889. The molecule has 0 radical (unpaired) electrons. The number of rotatable bonds is 1. The standard InChI is InChI=1S/C10H16O6S/c1-6-7(2)16-17(12,13)10(9(11)14-3)4-8(6)15-5-10/h6-8H,4-5H2,1-3H3. The van der Waals surface area contributed by atoms with Crippen molar-refractivity contribution in [1.29, 1.82) is 0 Å². The predicted molar refractivity (Wildman–Crippen MR) is 57.7 cm³/mol. The average molecular weight is 264 g/mol. The summed E-state index contributed by atoms with van der Waals surface area (Å²) in [4.78, 5) is 11.8. The molecule has 0 aliphatic carbocycles. The van der Waals surface area contributed by atoms with E-state index in [1.165, 1.54) is 0 Å². The van der Waals surface area contributed by atoms with Crippen molar-refractivity contribution in [3.8, 4) is 0 Å². The molecule has 2 aliphatic heterocycles. The van der Waals surface area contributed by atoms with E-state index in [1.807, 2.05) is 6.92 Å². The highest BCUT2D eigenvalue weighted by atomic mass is 32.2. The molecule has 2 aliphatic rings. The quantitative estimate of drug-likeness (QED) is 0.492. The van der Waals surface area contributed by atoms with Crippen molar-refractivity contribution in [2.24, 2.45) is 5.92 Å². The van der Waals surface area contributed by atoms with Gasteiger partial charge in [-0.15, -0.1) is 0 Å². The van der Waals surface area contributed by atoms with Gasteiger partial charge in [0.1, 0.15) is 0 Å². The van der Waals surface area contributed by atoms with Gasteiger partial charge in [0, 0.05) is 12.3 Å². The lowest BCUT2D eigenvalue weighted by molar-refractivity contribution is -0.144. The third-order valence-corrected chi connectivity index (χ3v) is 5.67. The van der Waals surface area contributed by atoms with Gasteiger partial charge in [0.15, 0.2) is 0 Å². The van der Waals surface area contributed by atoms with Gasteiger partial charge in [-0.25, -0.2) is 0 Å². The second kappa shape index (κ2) is 3.93. The van der Waals surface area contributed by atoms with E-state index in [1.54, 1.807) is 6.92 Å². The molecule has 98 valence electrons. The van der Waals surface area contributed by atoms with Crippen LogP contribution in [0, 0.1) is 5.92 Å². The molecular formula is C10H16O6S. The Morgan fingerprint density at radius 2 is 2.06 bits per heavy atom. The van der Waals surface area contributed by atoms with Crippen LogP contribution in [0.25, 0.3) is 0 Å². The molecule has 0 N–H and O–H groups in total. The Hall–Kier alpha value is -0.660. The van der Waals surface area contributed by atoms with E-state index < -0.39 is 26.9 Å². The Balaban J connectivity index is 2.49. The maximum absolute atomic E-state index is 12.1. The number of hydrogen-bond acceptors (Lipinski definition) is 6. The summed E-state index contributed by atoms with van der Waals surface area (Å²) in [6.45, 7) is 3.32. The zero-order chi connectivity index (χ0) is 12.8. The summed E-state index contributed by atoms with van der Waals surface area (Å²) >= 11 is 0.